The zero-order valence-electron chi connectivity index (χ0n) is 12.2. The minimum Gasteiger partial charge on any atom is -0.404 e. The highest BCUT2D eigenvalue weighted by molar-refractivity contribution is 5.58. The molecule has 3 N–H and O–H groups in total. The Hall–Kier alpha value is -2.82. The molecular formula is C14H11F6N3O2. The molecule has 0 aliphatic heterocycles. The van der Waals surface area contributed by atoms with Crippen LogP contribution in [0.1, 0.15) is 0 Å². The quantitative estimate of drug-likeness (QED) is 0.521. The van der Waals surface area contributed by atoms with Crippen molar-refractivity contribution in [3.63, 3.8) is 0 Å². The third-order valence-electron chi connectivity index (χ3n) is 2.62. The van der Waals surface area contributed by atoms with Gasteiger partial charge in [-0.1, -0.05) is 24.3 Å². The first-order chi connectivity index (χ1) is 11.6. The summed E-state index contributed by atoms with van der Waals surface area (Å²) in [4.78, 5) is 0. The van der Waals surface area contributed by atoms with Gasteiger partial charge >= 0.3 is 12.7 Å². The first-order valence-corrected chi connectivity index (χ1v) is 6.61. The Morgan fingerprint density at radius 2 is 0.960 bits per heavy atom. The van der Waals surface area contributed by atoms with Crippen molar-refractivity contribution in [2.75, 3.05) is 10.9 Å². The molecule has 0 aromatic heterocycles. The molecule has 2 aromatic carbocycles. The molecule has 2 aromatic rings. The molecule has 0 heterocycles. The van der Waals surface area contributed by atoms with E-state index in [9.17, 15) is 26.3 Å². The van der Waals surface area contributed by atoms with Gasteiger partial charge < -0.3 is 20.3 Å². The van der Waals surface area contributed by atoms with Crippen LogP contribution in [0.25, 0.3) is 0 Å². The van der Waals surface area contributed by atoms with Crippen LogP contribution in [0.2, 0.25) is 0 Å². The smallest absolute Gasteiger partial charge is 0.404 e. The fraction of sp³-hybridized carbons (Fsp3) is 0.143. The van der Waals surface area contributed by atoms with E-state index in [4.69, 9.17) is 0 Å². The van der Waals surface area contributed by atoms with E-state index in [2.05, 4.69) is 25.9 Å². The molecule has 0 atom stereocenters. The van der Waals surface area contributed by atoms with Crippen LogP contribution in [0.5, 0.6) is 11.5 Å². The number of hydrogen-bond acceptors (Lipinski definition) is 5. The Balaban J connectivity index is 2.03. The number of anilines is 2. The third kappa shape index (κ3) is 6.30. The predicted octanol–water partition coefficient (Wildman–Crippen LogP) is 4.43. The topological polar surface area (TPSA) is 54.5 Å². The summed E-state index contributed by atoms with van der Waals surface area (Å²) in [6.45, 7) is 0. The second-order valence-corrected chi connectivity index (χ2v) is 4.46. The zero-order chi connectivity index (χ0) is 18.5. The lowest BCUT2D eigenvalue weighted by Gasteiger charge is -2.17. The first-order valence-electron chi connectivity index (χ1n) is 6.61. The third-order valence-corrected chi connectivity index (χ3v) is 2.62. The molecule has 0 saturated heterocycles. The van der Waals surface area contributed by atoms with E-state index in [1.54, 1.807) is 0 Å². The van der Waals surface area contributed by atoms with Crippen LogP contribution < -0.4 is 25.9 Å². The first kappa shape index (κ1) is 18.5. The van der Waals surface area contributed by atoms with Crippen molar-refractivity contribution >= 4 is 11.4 Å². The van der Waals surface area contributed by atoms with E-state index in [1.807, 2.05) is 0 Å². The molecule has 0 saturated carbocycles. The van der Waals surface area contributed by atoms with Crippen molar-refractivity contribution in [2.24, 2.45) is 0 Å². The van der Waals surface area contributed by atoms with Crippen LogP contribution in [0.3, 0.4) is 0 Å². The highest BCUT2D eigenvalue weighted by Crippen LogP contribution is 2.31. The monoisotopic (exact) mass is 367 g/mol. The van der Waals surface area contributed by atoms with Crippen LogP contribution in [-0.2, 0) is 0 Å². The van der Waals surface area contributed by atoms with Crippen molar-refractivity contribution in [1.29, 1.82) is 0 Å². The minimum atomic E-state index is -4.89. The maximum atomic E-state index is 12.3. The molecule has 0 aliphatic carbocycles. The van der Waals surface area contributed by atoms with Gasteiger partial charge in [0, 0.05) is 0 Å². The second kappa shape index (κ2) is 7.38. The average Bonchev–Trinajstić information content (AvgIpc) is 2.48. The Bertz CT molecular complexity index is 646. The number of benzene rings is 2. The highest BCUT2D eigenvalue weighted by Gasteiger charge is 2.33. The average molecular weight is 367 g/mol. The van der Waals surface area contributed by atoms with E-state index in [-0.39, 0.29) is 11.4 Å². The molecule has 0 fully saturated rings. The number of hydrogen-bond donors (Lipinski definition) is 3. The Kier molecular flexibility index (Phi) is 5.47. The van der Waals surface area contributed by atoms with E-state index in [1.165, 1.54) is 36.4 Å². The number of rotatable bonds is 6. The van der Waals surface area contributed by atoms with Crippen molar-refractivity contribution in [3.8, 4) is 11.5 Å². The molecule has 0 aliphatic rings. The molecule has 2 rings (SSSR count). The highest BCUT2D eigenvalue weighted by atomic mass is 19.4. The molecular weight excluding hydrogens is 356 g/mol. The van der Waals surface area contributed by atoms with Crippen LogP contribution >= 0.6 is 0 Å². The fourth-order valence-corrected chi connectivity index (χ4v) is 1.73. The van der Waals surface area contributed by atoms with E-state index in [0.29, 0.717) is 0 Å². The lowest BCUT2D eigenvalue weighted by Crippen LogP contribution is -2.29. The van der Waals surface area contributed by atoms with Crippen LogP contribution in [0.4, 0.5) is 37.7 Å². The molecule has 0 amide bonds. The molecule has 25 heavy (non-hydrogen) atoms. The second-order valence-electron chi connectivity index (χ2n) is 4.46. The van der Waals surface area contributed by atoms with Gasteiger partial charge in [0.05, 0.1) is 11.4 Å². The van der Waals surface area contributed by atoms with Crippen LogP contribution in [0, 0.1) is 0 Å². The Labute approximate surface area is 137 Å². The summed E-state index contributed by atoms with van der Waals surface area (Å²) in [5.41, 5.74) is 6.79. The van der Waals surface area contributed by atoms with Crippen LogP contribution in [-0.4, -0.2) is 12.7 Å². The number of halogens is 6. The number of para-hydroxylation sites is 4. The van der Waals surface area contributed by atoms with Crippen molar-refractivity contribution in [1.82, 2.24) is 5.53 Å². The van der Waals surface area contributed by atoms with Gasteiger partial charge in [0.1, 0.15) is 0 Å². The molecule has 0 bridgehead atoms. The molecule has 5 nitrogen and oxygen atoms in total. The molecule has 11 heteroatoms. The zero-order valence-corrected chi connectivity index (χ0v) is 12.2. The van der Waals surface area contributed by atoms with Gasteiger partial charge in [-0.05, 0) is 24.3 Å². The van der Waals surface area contributed by atoms with Gasteiger partial charge in [-0.15, -0.1) is 31.9 Å². The number of hydrazine groups is 2. The lowest BCUT2D eigenvalue weighted by molar-refractivity contribution is -0.275. The summed E-state index contributed by atoms with van der Waals surface area (Å²) >= 11 is 0. The standard InChI is InChI=1S/C14H11F6N3O2/c15-13(16,17)24-11-7-3-1-5-9(11)21-23-22-10-6-2-4-8-12(10)25-14(18,19)20/h1-8,21-23H. The number of nitrogens with one attached hydrogen (secondary N) is 3. The van der Waals surface area contributed by atoms with Crippen molar-refractivity contribution < 1.29 is 35.8 Å². The normalized spacial score (nSPS) is 11.8. The van der Waals surface area contributed by atoms with Crippen LogP contribution in [0.15, 0.2) is 48.5 Å². The van der Waals surface area contributed by atoms with Crippen molar-refractivity contribution in [3.05, 3.63) is 48.5 Å². The summed E-state index contributed by atoms with van der Waals surface area (Å²) in [5, 5.41) is 0. The summed E-state index contributed by atoms with van der Waals surface area (Å²) in [6.07, 6.45) is -9.78. The molecule has 0 unspecified atom stereocenters. The predicted molar refractivity (Wildman–Crippen MR) is 76.6 cm³/mol. The molecule has 136 valence electrons. The summed E-state index contributed by atoms with van der Waals surface area (Å²) in [6, 6.07) is 10.2. The maximum absolute atomic E-state index is 12.3. The lowest BCUT2D eigenvalue weighted by atomic mass is 10.3. The van der Waals surface area contributed by atoms with Gasteiger partial charge in [0.15, 0.2) is 11.5 Å². The maximum Gasteiger partial charge on any atom is 0.573 e. The van der Waals surface area contributed by atoms with Crippen molar-refractivity contribution in [2.45, 2.75) is 12.7 Å². The summed E-state index contributed by atoms with van der Waals surface area (Å²) in [5.74, 6) is -1.05. The van der Waals surface area contributed by atoms with Gasteiger partial charge in [-0.2, -0.15) is 0 Å². The van der Waals surface area contributed by atoms with Gasteiger partial charge in [-0.3, -0.25) is 0 Å². The van der Waals surface area contributed by atoms with E-state index < -0.39 is 24.2 Å². The fourth-order valence-electron chi connectivity index (χ4n) is 1.73. The minimum absolute atomic E-state index is 0.0958. The molecule has 0 radical (unpaired) electrons. The summed E-state index contributed by atoms with van der Waals surface area (Å²) < 4.78 is 81.5. The van der Waals surface area contributed by atoms with E-state index in [0.717, 1.165) is 12.1 Å². The SMILES string of the molecule is FC(F)(F)Oc1ccccc1NNNc1ccccc1OC(F)(F)F. The van der Waals surface area contributed by atoms with Gasteiger partial charge in [-0.25, -0.2) is 0 Å². The number of alkyl halides is 6. The van der Waals surface area contributed by atoms with Gasteiger partial charge in [0.25, 0.3) is 0 Å². The Morgan fingerprint density at radius 1 is 0.600 bits per heavy atom. The summed E-state index contributed by atoms with van der Waals surface area (Å²) in [7, 11) is 0. The van der Waals surface area contributed by atoms with Gasteiger partial charge in [0.2, 0.25) is 0 Å². The van der Waals surface area contributed by atoms with E-state index >= 15 is 0 Å². The largest absolute Gasteiger partial charge is 0.573 e. The molecule has 0 spiro atoms. The number of ether oxygens (including phenoxy) is 2. The Morgan fingerprint density at radius 3 is 1.32 bits per heavy atom.